The van der Waals surface area contributed by atoms with Crippen LogP contribution in [0.4, 0.5) is 5.69 Å². The highest BCUT2D eigenvalue weighted by Crippen LogP contribution is 2.29. The van der Waals surface area contributed by atoms with Crippen molar-refractivity contribution in [3.63, 3.8) is 0 Å². The highest BCUT2D eigenvalue weighted by molar-refractivity contribution is 5.94. The van der Waals surface area contributed by atoms with Crippen molar-refractivity contribution in [2.75, 3.05) is 51.7 Å². The Morgan fingerprint density at radius 2 is 1.79 bits per heavy atom. The van der Waals surface area contributed by atoms with E-state index in [2.05, 4.69) is 0 Å². The number of aliphatic carboxylic acids is 1. The van der Waals surface area contributed by atoms with E-state index < -0.39 is 5.97 Å². The topological polar surface area (TPSA) is 68.1 Å². The summed E-state index contributed by atoms with van der Waals surface area (Å²) in [7, 11) is 3.96. The molecule has 0 bridgehead atoms. The molecule has 0 unspecified atom stereocenters. The predicted molar refractivity (Wildman–Crippen MR) is 112 cm³/mol. The van der Waals surface area contributed by atoms with Gasteiger partial charge in [0.1, 0.15) is 0 Å². The molecule has 0 spiro atoms. The maximum Gasteiger partial charge on any atom is 0.253 e. The van der Waals surface area contributed by atoms with Crippen molar-refractivity contribution in [1.29, 1.82) is 0 Å². The number of hydrogen-bond acceptors (Lipinski definition) is 4. The Kier molecular flexibility index (Phi) is 7.53. The third kappa shape index (κ3) is 5.95. The molecule has 0 aromatic heterocycles. The molecule has 0 aliphatic carbocycles. The normalized spacial score (nSPS) is 23.0. The van der Waals surface area contributed by atoms with Gasteiger partial charge in [-0.25, -0.2) is 0 Å². The second kappa shape index (κ2) is 10.1. The minimum Gasteiger partial charge on any atom is -0.550 e. The summed E-state index contributed by atoms with van der Waals surface area (Å²) in [4.78, 5) is 29.8. The Morgan fingerprint density at radius 1 is 1.10 bits per heavy atom. The second-order valence-electron chi connectivity index (χ2n) is 8.93. The molecule has 2 fully saturated rings. The summed E-state index contributed by atoms with van der Waals surface area (Å²) < 4.78 is 0. The maximum absolute atomic E-state index is 13.0. The molecule has 2 saturated heterocycles. The highest BCUT2D eigenvalue weighted by Gasteiger charge is 2.32. The lowest BCUT2D eigenvalue weighted by Gasteiger charge is -2.39. The van der Waals surface area contributed by atoms with E-state index in [1.807, 2.05) is 48.2 Å². The lowest BCUT2D eigenvalue weighted by molar-refractivity contribution is -0.905. The third-order valence-electron chi connectivity index (χ3n) is 6.67. The van der Waals surface area contributed by atoms with Crippen molar-refractivity contribution in [3.8, 4) is 0 Å². The number of carbonyl (C=O) groups is 2. The van der Waals surface area contributed by atoms with Crippen LogP contribution in [0.2, 0.25) is 0 Å². The van der Waals surface area contributed by atoms with Gasteiger partial charge in [0.05, 0.1) is 19.6 Å². The van der Waals surface area contributed by atoms with Crippen molar-refractivity contribution in [2.24, 2.45) is 11.8 Å². The first kappa shape index (κ1) is 21.6. The number of anilines is 1. The lowest BCUT2D eigenvalue weighted by atomic mass is 9.80. The van der Waals surface area contributed by atoms with E-state index in [9.17, 15) is 14.7 Å². The Bertz CT molecular complexity index is 683. The second-order valence-corrected chi connectivity index (χ2v) is 8.93. The largest absolute Gasteiger partial charge is 0.550 e. The molecule has 29 heavy (non-hydrogen) atoms. The molecule has 6 nitrogen and oxygen atoms in total. The standard InChI is InChI=1S/C23H35N3O3/c1-24(2)21-8-6-18(7-9-21)23(29)26-15-11-19(16-22(27)28)20(17-26)10-14-25-12-4-3-5-13-25/h6-9,19-20H,3-5,10-17H2,1-2H3,(H,27,28)/t19-,20-/m0/s1. The number of nitrogens with zero attached hydrogens (tertiary/aromatic N) is 2. The Balaban J connectivity index is 1.63. The smallest absolute Gasteiger partial charge is 0.253 e. The van der Waals surface area contributed by atoms with E-state index in [0.29, 0.717) is 18.7 Å². The van der Waals surface area contributed by atoms with Crippen LogP contribution in [0, 0.1) is 11.8 Å². The molecule has 0 radical (unpaired) electrons. The number of rotatable bonds is 7. The highest BCUT2D eigenvalue weighted by atomic mass is 16.4. The summed E-state index contributed by atoms with van der Waals surface area (Å²) in [5.74, 6) is -0.563. The van der Waals surface area contributed by atoms with Gasteiger partial charge in [-0.15, -0.1) is 0 Å². The van der Waals surface area contributed by atoms with Crippen LogP contribution < -0.4 is 14.9 Å². The number of nitrogens with one attached hydrogen (secondary N) is 1. The Hall–Kier alpha value is -2.08. The molecular weight excluding hydrogens is 366 g/mol. The van der Waals surface area contributed by atoms with Crippen molar-refractivity contribution >= 4 is 17.6 Å². The van der Waals surface area contributed by atoms with Crippen LogP contribution in [-0.2, 0) is 4.79 Å². The van der Waals surface area contributed by atoms with E-state index in [-0.39, 0.29) is 24.2 Å². The first-order valence-corrected chi connectivity index (χ1v) is 11.0. The monoisotopic (exact) mass is 401 g/mol. The number of hydrogen-bond donors (Lipinski definition) is 1. The quantitative estimate of drug-likeness (QED) is 0.720. The summed E-state index contributed by atoms with van der Waals surface area (Å²) in [5, 5.41) is 11.2. The summed E-state index contributed by atoms with van der Waals surface area (Å²) >= 11 is 0. The van der Waals surface area contributed by atoms with Crippen LogP contribution in [0.1, 0.15) is 48.9 Å². The summed E-state index contributed by atoms with van der Waals surface area (Å²) in [6.45, 7) is 4.80. The zero-order chi connectivity index (χ0) is 20.8. The summed E-state index contributed by atoms with van der Waals surface area (Å²) in [5.41, 5.74) is 1.77. The number of likely N-dealkylation sites (tertiary alicyclic amines) is 2. The van der Waals surface area contributed by atoms with Crippen molar-refractivity contribution in [2.45, 2.75) is 38.5 Å². The molecule has 2 heterocycles. The van der Waals surface area contributed by atoms with Gasteiger partial charge in [-0.1, -0.05) is 0 Å². The van der Waals surface area contributed by atoms with Gasteiger partial charge in [0.15, 0.2) is 0 Å². The van der Waals surface area contributed by atoms with E-state index in [0.717, 1.165) is 25.1 Å². The average Bonchev–Trinajstić information content (AvgIpc) is 2.73. The van der Waals surface area contributed by atoms with Crippen LogP contribution in [0.5, 0.6) is 0 Å². The van der Waals surface area contributed by atoms with Gasteiger partial charge in [-0.05, 0) is 68.2 Å². The fourth-order valence-corrected chi connectivity index (χ4v) is 4.85. The zero-order valence-corrected chi connectivity index (χ0v) is 17.9. The molecule has 1 aromatic rings. The lowest BCUT2D eigenvalue weighted by Crippen LogP contribution is -3.12. The molecule has 160 valence electrons. The first-order valence-electron chi connectivity index (χ1n) is 11.0. The molecule has 6 heteroatoms. The van der Waals surface area contributed by atoms with Gasteiger partial charge in [0.2, 0.25) is 0 Å². The number of carboxylic acid groups (broad SMARTS) is 1. The van der Waals surface area contributed by atoms with E-state index in [1.165, 1.54) is 32.4 Å². The molecule has 1 N–H and O–H groups in total. The molecule has 1 aromatic carbocycles. The summed E-state index contributed by atoms with van der Waals surface area (Å²) in [6, 6.07) is 7.70. The van der Waals surface area contributed by atoms with Crippen LogP contribution in [0.15, 0.2) is 24.3 Å². The maximum atomic E-state index is 13.0. The number of carboxylic acids is 1. The van der Waals surface area contributed by atoms with Gasteiger partial charge in [0.25, 0.3) is 5.91 Å². The van der Waals surface area contributed by atoms with Crippen LogP contribution in [-0.4, -0.2) is 63.6 Å². The fraction of sp³-hybridized carbons (Fsp3) is 0.652. The minimum absolute atomic E-state index is 0.0533. The van der Waals surface area contributed by atoms with E-state index in [4.69, 9.17) is 0 Å². The van der Waals surface area contributed by atoms with Crippen molar-refractivity contribution in [1.82, 2.24) is 4.90 Å². The van der Waals surface area contributed by atoms with Gasteiger partial charge in [-0.3, -0.25) is 4.79 Å². The van der Waals surface area contributed by atoms with Gasteiger partial charge < -0.3 is 24.6 Å². The number of quaternary nitrogens is 1. The fourth-order valence-electron chi connectivity index (χ4n) is 4.85. The molecule has 2 atom stereocenters. The molecule has 1 amide bonds. The first-order chi connectivity index (χ1) is 13.9. The molecule has 2 aliphatic rings. The molecule has 0 saturated carbocycles. The zero-order valence-electron chi connectivity index (χ0n) is 17.9. The molecule has 2 aliphatic heterocycles. The van der Waals surface area contributed by atoms with E-state index >= 15 is 0 Å². The van der Waals surface area contributed by atoms with Crippen LogP contribution in [0.3, 0.4) is 0 Å². The number of benzene rings is 1. The van der Waals surface area contributed by atoms with Gasteiger partial charge in [0, 0.05) is 50.8 Å². The Morgan fingerprint density at radius 3 is 2.41 bits per heavy atom. The van der Waals surface area contributed by atoms with E-state index in [1.54, 1.807) is 4.90 Å². The van der Waals surface area contributed by atoms with Crippen molar-refractivity contribution in [3.05, 3.63) is 29.8 Å². The van der Waals surface area contributed by atoms with Gasteiger partial charge >= 0.3 is 0 Å². The molecular formula is C23H35N3O3. The number of amides is 1. The van der Waals surface area contributed by atoms with Crippen LogP contribution >= 0.6 is 0 Å². The average molecular weight is 402 g/mol. The third-order valence-corrected chi connectivity index (χ3v) is 6.67. The Labute approximate surface area is 174 Å². The predicted octanol–water partition coefficient (Wildman–Crippen LogP) is 0.430. The van der Waals surface area contributed by atoms with Crippen LogP contribution in [0.25, 0.3) is 0 Å². The SMILES string of the molecule is CN(C)c1ccc(C(=O)N2CC[C@@H](CC(=O)[O-])[C@@H](CC[NH+]3CCCCC3)C2)cc1. The number of piperidine rings is 2. The minimum atomic E-state index is -0.968. The van der Waals surface area contributed by atoms with Crippen molar-refractivity contribution < 1.29 is 19.6 Å². The summed E-state index contributed by atoms with van der Waals surface area (Å²) in [6.07, 6.45) is 5.74. The van der Waals surface area contributed by atoms with Gasteiger partial charge in [-0.2, -0.15) is 0 Å². The number of carbonyl (C=O) groups excluding carboxylic acids is 2. The molecule has 3 rings (SSSR count).